The van der Waals surface area contributed by atoms with E-state index in [9.17, 15) is 0 Å². The van der Waals surface area contributed by atoms with Gasteiger partial charge in [0.1, 0.15) is 0 Å². The Morgan fingerprint density at radius 2 is 2.08 bits per heavy atom. The number of hydrogen-bond donors (Lipinski definition) is 0. The molecule has 13 heavy (non-hydrogen) atoms. The third-order valence-electron chi connectivity index (χ3n) is 4.02. The van der Waals surface area contributed by atoms with Gasteiger partial charge in [0.25, 0.3) is 0 Å². The minimum Gasteiger partial charge on any atom is -0.286 e. The molecular formula is C12H17N. The number of dihydropyridines is 1. The van der Waals surface area contributed by atoms with Crippen molar-refractivity contribution in [2.24, 2.45) is 10.9 Å². The van der Waals surface area contributed by atoms with Crippen LogP contribution >= 0.6 is 0 Å². The van der Waals surface area contributed by atoms with Crippen molar-refractivity contribution < 1.29 is 0 Å². The average molecular weight is 175 g/mol. The molecule has 0 amide bonds. The molecule has 1 heterocycles. The maximum Gasteiger partial charge on any atom is 0.0568 e. The summed E-state index contributed by atoms with van der Waals surface area (Å²) in [5.41, 5.74) is 4.81. The second kappa shape index (κ2) is 2.70. The van der Waals surface area contributed by atoms with Crippen LogP contribution in [-0.2, 0) is 0 Å². The molecule has 0 aromatic rings. The van der Waals surface area contributed by atoms with Crippen LogP contribution < -0.4 is 0 Å². The second-order valence-corrected chi connectivity index (χ2v) is 4.70. The molecule has 0 bridgehead atoms. The molecule has 3 rings (SSSR count). The van der Waals surface area contributed by atoms with E-state index in [2.05, 4.69) is 6.92 Å². The first-order valence-electron chi connectivity index (χ1n) is 5.63. The summed E-state index contributed by atoms with van der Waals surface area (Å²) < 4.78 is 0. The molecule has 0 aromatic carbocycles. The van der Waals surface area contributed by atoms with Crippen molar-refractivity contribution in [1.29, 1.82) is 0 Å². The van der Waals surface area contributed by atoms with Crippen molar-refractivity contribution in [3.63, 3.8) is 0 Å². The molecule has 2 unspecified atom stereocenters. The smallest absolute Gasteiger partial charge is 0.0568 e. The monoisotopic (exact) mass is 175 g/mol. The van der Waals surface area contributed by atoms with E-state index >= 15 is 0 Å². The molecule has 2 saturated carbocycles. The van der Waals surface area contributed by atoms with Crippen LogP contribution in [0.15, 0.2) is 16.1 Å². The van der Waals surface area contributed by atoms with Gasteiger partial charge in [-0.3, -0.25) is 4.99 Å². The standard InChI is InChI=1S/C12H17N/c1-8-9-4-2-6-11(9)13-12-7-3-5-10(8)12/h9,11H,2-7H2,1H3. The highest BCUT2D eigenvalue weighted by molar-refractivity contribution is 6.03. The van der Waals surface area contributed by atoms with Gasteiger partial charge in [0, 0.05) is 11.6 Å². The van der Waals surface area contributed by atoms with Crippen LogP contribution in [0, 0.1) is 5.92 Å². The predicted molar refractivity (Wildman–Crippen MR) is 55.1 cm³/mol. The third-order valence-corrected chi connectivity index (χ3v) is 4.02. The quantitative estimate of drug-likeness (QED) is 0.536. The fraction of sp³-hybridized carbons (Fsp3) is 0.750. The molecule has 1 aliphatic heterocycles. The number of rotatable bonds is 0. The SMILES string of the molecule is CC1=C2CCCC2=NC2CCCC12. The molecule has 2 fully saturated rings. The highest BCUT2D eigenvalue weighted by Gasteiger charge is 2.35. The molecule has 2 aliphatic carbocycles. The number of allylic oxidation sites excluding steroid dienone is 1. The molecule has 3 aliphatic rings. The Bertz CT molecular complexity index is 298. The summed E-state index contributed by atoms with van der Waals surface area (Å²) in [6, 6.07) is 0.678. The summed E-state index contributed by atoms with van der Waals surface area (Å²) in [6.45, 7) is 2.36. The summed E-state index contributed by atoms with van der Waals surface area (Å²) in [7, 11) is 0. The van der Waals surface area contributed by atoms with E-state index in [1.54, 1.807) is 11.1 Å². The van der Waals surface area contributed by atoms with Gasteiger partial charge in [-0.15, -0.1) is 0 Å². The van der Waals surface area contributed by atoms with Gasteiger partial charge in [0.15, 0.2) is 0 Å². The molecule has 0 saturated heterocycles. The van der Waals surface area contributed by atoms with Crippen molar-refractivity contribution >= 4 is 5.71 Å². The summed E-state index contributed by atoms with van der Waals surface area (Å²) >= 11 is 0. The van der Waals surface area contributed by atoms with Gasteiger partial charge < -0.3 is 0 Å². The van der Waals surface area contributed by atoms with Crippen molar-refractivity contribution in [3.8, 4) is 0 Å². The van der Waals surface area contributed by atoms with E-state index in [-0.39, 0.29) is 0 Å². The molecule has 0 N–H and O–H groups in total. The van der Waals surface area contributed by atoms with Gasteiger partial charge >= 0.3 is 0 Å². The van der Waals surface area contributed by atoms with Crippen LogP contribution in [0.4, 0.5) is 0 Å². The van der Waals surface area contributed by atoms with Crippen molar-refractivity contribution in [2.45, 2.75) is 51.5 Å². The van der Waals surface area contributed by atoms with Crippen molar-refractivity contribution in [2.75, 3.05) is 0 Å². The van der Waals surface area contributed by atoms with E-state index in [0.29, 0.717) is 6.04 Å². The lowest BCUT2D eigenvalue weighted by Gasteiger charge is -2.25. The zero-order valence-corrected chi connectivity index (χ0v) is 8.34. The largest absolute Gasteiger partial charge is 0.286 e. The van der Waals surface area contributed by atoms with Crippen molar-refractivity contribution in [1.82, 2.24) is 0 Å². The zero-order chi connectivity index (χ0) is 8.84. The number of fused-ring (bicyclic) bond motifs is 2. The van der Waals surface area contributed by atoms with E-state index in [4.69, 9.17) is 4.99 Å². The molecule has 0 aromatic heterocycles. The van der Waals surface area contributed by atoms with E-state index < -0.39 is 0 Å². The Hall–Kier alpha value is -0.590. The van der Waals surface area contributed by atoms with E-state index in [1.165, 1.54) is 44.2 Å². The Morgan fingerprint density at radius 1 is 1.15 bits per heavy atom. The highest BCUT2D eigenvalue weighted by Crippen LogP contribution is 2.42. The van der Waals surface area contributed by atoms with Crippen LogP contribution in [0.1, 0.15) is 45.4 Å². The van der Waals surface area contributed by atoms with Crippen molar-refractivity contribution in [3.05, 3.63) is 11.1 Å². The molecule has 70 valence electrons. The molecule has 1 heteroatoms. The Labute approximate surface area is 79.9 Å². The van der Waals surface area contributed by atoms with Crippen LogP contribution in [-0.4, -0.2) is 11.8 Å². The summed E-state index contributed by atoms with van der Waals surface area (Å²) in [5.74, 6) is 0.830. The summed E-state index contributed by atoms with van der Waals surface area (Å²) in [4.78, 5) is 4.92. The minimum atomic E-state index is 0.678. The lowest BCUT2D eigenvalue weighted by atomic mass is 9.87. The zero-order valence-electron chi connectivity index (χ0n) is 8.34. The normalized spacial score (nSPS) is 37.5. The first kappa shape index (κ1) is 7.78. The molecule has 1 nitrogen and oxygen atoms in total. The lowest BCUT2D eigenvalue weighted by molar-refractivity contribution is 0.543. The van der Waals surface area contributed by atoms with Gasteiger partial charge in [0.05, 0.1) is 6.04 Å². The minimum absolute atomic E-state index is 0.678. The maximum absolute atomic E-state index is 4.92. The Morgan fingerprint density at radius 3 is 3.00 bits per heavy atom. The second-order valence-electron chi connectivity index (χ2n) is 4.70. The molecule has 0 radical (unpaired) electrons. The maximum atomic E-state index is 4.92. The first-order chi connectivity index (χ1) is 6.36. The average Bonchev–Trinajstić information content (AvgIpc) is 2.71. The lowest BCUT2D eigenvalue weighted by Crippen LogP contribution is -2.21. The summed E-state index contributed by atoms with van der Waals surface area (Å²) in [5, 5.41) is 0. The molecule has 0 spiro atoms. The number of aliphatic imine (C=N–C) groups is 1. The van der Waals surface area contributed by atoms with E-state index in [0.717, 1.165) is 5.92 Å². The third kappa shape index (κ3) is 1.02. The van der Waals surface area contributed by atoms with Gasteiger partial charge in [-0.1, -0.05) is 12.0 Å². The van der Waals surface area contributed by atoms with Gasteiger partial charge in [0.2, 0.25) is 0 Å². The van der Waals surface area contributed by atoms with Crippen LogP contribution in [0.25, 0.3) is 0 Å². The number of nitrogens with zero attached hydrogens (tertiary/aromatic N) is 1. The fourth-order valence-electron chi connectivity index (χ4n) is 3.32. The fourth-order valence-corrected chi connectivity index (χ4v) is 3.32. The Kier molecular flexibility index (Phi) is 1.61. The van der Waals surface area contributed by atoms with Crippen LogP contribution in [0.3, 0.4) is 0 Å². The van der Waals surface area contributed by atoms with Crippen LogP contribution in [0.5, 0.6) is 0 Å². The Balaban J connectivity index is 2.05. The molecular weight excluding hydrogens is 158 g/mol. The van der Waals surface area contributed by atoms with Gasteiger partial charge in [-0.25, -0.2) is 0 Å². The summed E-state index contributed by atoms with van der Waals surface area (Å²) in [6.07, 6.45) is 8.07. The van der Waals surface area contributed by atoms with Gasteiger partial charge in [-0.05, 0) is 44.6 Å². The predicted octanol–water partition coefficient (Wildman–Crippen LogP) is 3.11. The van der Waals surface area contributed by atoms with Crippen LogP contribution in [0.2, 0.25) is 0 Å². The van der Waals surface area contributed by atoms with E-state index in [1.807, 2.05) is 0 Å². The first-order valence-corrected chi connectivity index (χ1v) is 5.63. The highest BCUT2D eigenvalue weighted by atomic mass is 14.8. The van der Waals surface area contributed by atoms with Gasteiger partial charge in [-0.2, -0.15) is 0 Å². The number of hydrogen-bond acceptors (Lipinski definition) is 1. The molecule has 2 atom stereocenters. The topological polar surface area (TPSA) is 12.4 Å².